The van der Waals surface area contributed by atoms with Crippen molar-refractivity contribution < 1.29 is 18.8 Å². The van der Waals surface area contributed by atoms with Crippen LogP contribution in [0.2, 0.25) is 0 Å². The van der Waals surface area contributed by atoms with E-state index in [2.05, 4.69) is 0 Å². The first-order valence-electron chi connectivity index (χ1n) is 2.53. The first kappa shape index (κ1) is 29.4. The molecule has 13 heavy (non-hydrogen) atoms. The molecule has 0 heterocycles. The summed E-state index contributed by atoms with van der Waals surface area (Å²) in [5.74, 6) is 0. The fourth-order valence-corrected chi connectivity index (χ4v) is 0.703. The number of halogens is 5. The summed E-state index contributed by atoms with van der Waals surface area (Å²) in [6.07, 6.45) is 0. The summed E-state index contributed by atoms with van der Waals surface area (Å²) in [5, 5.41) is 0. The van der Waals surface area contributed by atoms with Crippen molar-refractivity contribution in [3.05, 3.63) is 29.8 Å². The minimum absolute atomic E-state index is 0. The highest BCUT2D eigenvalue weighted by Crippen LogP contribution is 2.09. The summed E-state index contributed by atoms with van der Waals surface area (Å²) in [6.45, 7) is 2.02. The van der Waals surface area contributed by atoms with Gasteiger partial charge < -0.3 is 0 Å². The van der Waals surface area contributed by atoms with E-state index in [9.17, 15) is 0 Å². The van der Waals surface area contributed by atoms with Gasteiger partial charge in [0, 0.05) is 4.90 Å². The van der Waals surface area contributed by atoms with Crippen LogP contribution in [0.5, 0.6) is 0 Å². The third-order valence-corrected chi connectivity index (χ3v) is 1.55. The number of benzene rings is 1. The third-order valence-electron chi connectivity index (χ3n) is 1.09. The highest BCUT2D eigenvalue weighted by molar-refractivity contribution is 7.80. The molecule has 0 aromatic heterocycles. The second kappa shape index (κ2) is 14.0. The Bertz CT molecular complexity index is 177. The molecule has 0 atom stereocenters. The van der Waals surface area contributed by atoms with E-state index in [1.807, 2.05) is 31.2 Å². The number of rotatable bonds is 0. The normalized spacial score (nSPS) is 5.62. The molecule has 1 aromatic rings. The van der Waals surface area contributed by atoms with Crippen LogP contribution in [0.3, 0.4) is 0 Å². The second-order valence-electron chi connectivity index (χ2n) is 1.77. The Kier molecular flexibility index (Phi) is 31.7. The Morgan fingerprint density at radius 3 is 1.54 bits per heavy atom. The van der Waals surface area contributed by atoms with Crippen molar-refractivity contribution in [1.29, 1.82) is 0 Å². The minimum Gasteiger partial charge on any atom is -0.269 e. The van der Waals surface area contributed by atoms with Crippen LogP contribution in [-0.4, -0.2) is 0 Å². The average molecular weight is 240 g/mol. The van der Waals surface area contributed by atoms with Gasteiger partial charge >= 0.3 is 0 Å². The molecule has 0 saturated heterocycles. The Labute approximate surface area is 86.0 Å². The summed E-state index contributed by atoms with van der Waals surface area (Å²) in [5.41, 5.74) is 1.18. The van der Waals surface area contributed by atoms with Crippen LogP contribution in [-0.2, 0) is 0 Å². The van der Waals surface area contributed by atoms with E-state index in [-0.39, 0.29) is 31.2 Å². The van der Waals surface area contributed by atoms with Crippen molar-refractivity contribution in [3.63, 3.8) is 0 Å². The highest BCUT2D eigenvalue weighted by Gasteiger charge is 1.86. The van der Waals surface area contributed by atoms with Crippen LogP contribution in [0.4, 0.5) is 18.8 Å². The number of aryl methyl sites for hydroxylation is 1. The molecule has 1 rings (SSSR count). The Morgan fingerprint density at radius 2 is 1.31 bits per heavy atom. The van der Waals surface area contributed by atoms with Crippen molar-refractivity contribution in [2.45, 2.75) is 11.8 Å². The Balaban J connectivity index is -0.0000000427. The molecule has 0 nitrogen and oxygen atoms in total. The van der Waals surface area contributed by atoms with Crippen LogP contribution in [0.1, 0.15) is 5.56 Å². The molecule has 0 amide bonds. The van der Waals surface area contributed by atoms with Gasteiger partial charge in [-0.15, -0.1) is 12.4 Å². The lowest BCUT2D eigenvalue weighted by molar-refractivity contribution is 1.11. The van der Waals surface area contributed by atoms with Crippen molar-refractivity contribution >= 4 is 25.0 Å². The topological polar surface area (TPSA) is 0 Å². The molecular weight excluding hydrogens is 228 g/mol. The maximum atomic E-state index is 4.95. The molecule has 0 saturated carbocycles. The molecule has 0 bridgehead atoms. The zero-order chi connectivity index (χ0) is 5.98. The summed E-state index contributed by atoms with van der Waals surface area (Å²) in [6, 6.07) is 7.90. The predicted octanol–water partition coefficient (Wildman–Crippen LogP) is 3.58. The molecule has 0 aliphatic heterocycles. The summed E-state index contributed by atoms with van der Waals surface area (Å²) in [4.78, 5) is 0.951. The highest BCUT2D eigenvalue weighted by atomic mass is 35.5. The molecular formula is C7H12ClF4S. The Hall–Kier alpha value is -0.550. The predicted molar refractivity (Wildman–Crippen MR) is 54.3 cm³/mol. The van der Waals surface area contributed by atoms with Gasteiger partial charge in [0.1, 0.15) is 0 Å². The van der Waals surface area contributed by atoms with Gasteiger partial charge in [-0.1, -0.05) is 30.8 Å². The average Bonchev–Trinajstić information content (AvgIpc) is 1.77. The quantitative estimate of drug-likeness (QED) is 0.607. The third kappa shape index (κ3) is 9.36. The molecule has 0 N–H and O–H groups in total. The molecule has 0 fully saturated rings. The lowest BCUT2D eigenvalue weighted by Gasteiger charge is -1.91. The lowest BCUT2D eigenvalue weighted by Crippen LogP contribution is -1.70. The van der Waals surface area contributed by atoms with Gasteiger partial charge in [0.15, 0.2) is 0 Å². The van der Waals surface area contributed by atoms with E-state index in [4.69, 9.17) is 12.6 Å². The van der Waals surface area contributed by atoms with Gasteiger partial charge in [-0.05, 0) is 18.6 Å². The maximum Gasteiger partial charge on any atom is 0.0406 e. The van der Waals surface area contributed by atoms with E-state index < -0.39 is 0 Å². The largest absolute Gasteiger partial charge is 0.269 e. The van der Waals surface area contributed by atoms with E-state index >= 15 is 0 Å². The standard InChI is InChI=1S/C7H7S.ClH.4FH/c1-6-4-2-3-5-7(6)8;;;;;/h2-5H,1H3;5*1H. The van der Waals surface area contributed by atoms with Gasteiger partial charge in [-0.2, -0.15) is 0 Å². The molecule has 0 aliphatic rings. The minimum atomic E-state index is 0. The van der Waals surface area contributed by atoms with Crippen LogP contribution in [0.25, 0.3) is 0 Å². The van der Waals surface area contributed by atoms with Crippen LogP contribution in [0, 0.1) is 6.92 Å². The van der Waals surface area contributed by atoms with Crippen LogP contribution in [0.15, 0.2) is 29.2 Å². The molecule has 1 aromatic carbocycles. The van der Waals surface area contributed by atoms with Crippen LogP contribution >= 0.6 is 25.0 Å². The molecule has 6 heteroatoms. The van der Waals surface area contributed by atoms with Crippen molar-refractivity contribution in [1.82, 2.24) is 0 Å². The first-order chi connectivity index (χ1) is 3.80. The smallest absolute Gasteiger partial charge is 0.0406 e. The lowest BCUT2D eigenvalue weighted by atomic mass is 10.2. The summed E-state index contributed by atoms with van der Waals surface area (Å²) < 4.78 is 0. The monoisotopic (exact) mass is 239 g/mol. The van der Waals surface area contributed by atoms with E-state index in [0.29, 0.717) is 0 Å². The van der Waals surface area contributed by atoms with Crippen LogP contribution < -0.4 is 0 Å². The summed E-state index contributed by atoms with van der Waals surface area (Å²) in [7, 11) is 0. The zero-order valence-corrected chi connectivity index (χ0v) is 8.39. The first-order valence-corrected chi connectivity index (χ1v) is 2.94. The van der Waals surface area contributed by atoms with E-state index in [1.165, 1.54) is 5.56 Å². The fraction of sp³-hybridized carbons (Fsp3) is 0.143. The molecule has 0 aliphatic carbocycles. The van der Waals surface area contributed by atoms with E-state index in [0.717, 1.165) is 4.90 Å². The van der Waals surface area contributed by atoms with Crippen molar-refractivity contribution in [2.24, 2.45) is 0 Å². The van der Waals surface area contributed by atoms with Gasteiger partial charge in [-0.25, -0.2) is 0 Å². The van der Waals surface area contributed by atoms with E-state index in [1.54, 1.807) is 0 Å². The SMILES string of the molecule is Cc1ccccc1[S].Cl.F.F.F.F. The number of hydrogen-bond donors (Lipinski definition) is 0. The van der Waals surface area contributed by atoms with Gasteiger partial charge in [0.2, 0.25) is 0 Å². The maximum absolute atomic E-state index is 4.95. The fourth-order valence-electron chi connectivity index (χ4n) is 0.556. The second-order valence-corrected chi connectivity index (χ2v) is 2.21. The summed E-state index contributed by atoms with van der Waals surface area (Å²) >= 11 is 4.95. The number of hydrogen-bond acceptors (Lipinski definition) is 0. The Morgan fingerprint density at radius 1 is 0.923 bits per heavy atom. The molecule has 0 spiro atoms. The molecule has 0 unspecified atom stereocenters. The molecule has 1 radical (unpaired) electrons. The van der Waals surface area contributed by atoms with Gasteiger partial charge in [0.25, 0.3) is 0 Å². The van der Waals surface area contributed by atoms with Gasteiger partial charge in [0.05, 0.1) is 0 Å². The molecule has 81 valence electrons. The van der Waals surface area contributed by atoms with Crippen molar-refractivity contribution in [3.8, 4) is 0 Å². The zero-order valence-electron chi connectivity index (χ0n) is 6.76. The van der Waals surface area contributed by atoms with Gasteiger partial charge in [-0.3, -0.25) is 18.8 Å². The van der Waals surface area contributed by atoms with Crippen molar-refractivity contribution in [2.75, 3.05) is 0 Å².